The summed E-state index contributed by atoms with van der Waals surface area (Å²) in [6.45, 7) is 5.40. The van der Waals surface area contributed by atoms with Gasteiger partial charge in [0.05, 0.1) is 0 Å². The summed E-state index contributed by atoms with van der Waals surface area (Å²) in [5, 5.41) is 0. The molecule has 1 saturated heterocycles. The average Bonchev–Trinajstić information content (AvgIpc) is 2.36. The first-order valence-electron chi connectivity index (χ1n) is 5.73. The molecule has 0 aromatic heterocycles. The first kappa shape index (κ1) is 12.0. The molecule has 0 bridgehead atoms. The second kappa shape index (κ2) is 5.25. The van der Waals surface area contributed by atoms with E-state index in [0.717, 1.165) is 5.56 Å². The molecule has 0 unspecified atom stereocenters. The van der Waals surface area contributed by atoms with Gasteiger partial charge in [-0.15, -0.1) is 6.58 Å². The molecule has 1 aliphatic heterocycles. The van der Waals surface area contributed by atoms with E-state index < -0.39 is 18.5 Å². The van der Waals surface area contributed by atoms with Gasteiger partial charge in [0, 0.05) is 5.56 Å². The molecule has 90 valence electrons. The summed E-state index contributed by atoms with van der Waals surface area (Å²) < 4.78 is 11.2. The Morgan fingerprint density at radius 1 is 1.29 bits per heavy atom. The van der Waals surface area contributed by atoms with Gasteiger partial charge in [0.25, 0.3) is 0 Å². The molecular formula is C14H16O3. The van der Waals surface area contributed by atoms with Gasteiger partial charge in [-0.25, -0.2) is 0 Å². The fraction of sp³-hybridized carbons (Fsp3) is 0.357. The van der Waals surface area contributed by atoms with Crippen LogP contribution in [-0.2, 0) is 14.3 Å². The van der Waals surface area contributed by atoms with Crippen molar-refractivity contribution in [1.82, 2.24) is 0 Å². The molecule has 1 heterocycles. The SMILES string of the molecule is C=CC[C@@H]1O[C@@H](c2ccccc2)O[C@@H](C)C1=O. The second-order valence-electron chi connectivity index (χ2n) is 4.07. The summed E-state index contributed by atoms with van der Waals surface area (Å²) >= 11 is 0. The van der Waals surface area contributed by atoms with Gasteiger partial charge in [0.1, 0.15) is 12.2 Å². The lowest BCUT2D eigenvalue weighted by Crippen LogP contribution is -2.41. The highest BCUT2D eigenvalue weighted by atomic mass is 16.7. The number of Topliss-reactive ketones (excluding diaryl/α,β-unsaturated/α-hetero) is 1. The van der Waals surface area contributed by atoms with Crippen LogP contribution in [0.4, 0.5) is 0 Å². The molecule has 0 saturated carbocycles. The Bertz CT molecular complexity index is 399. The normalized spacial score (nSPS) is 29.0. The highest BCUT2D eigenvalue weighted by Gasteiger charge is 2.35. The minimum absolute atomic E-state index is 0.0166. The molecule has 0 aliphatic carbocycles. The van der Waals surface area contributed by atoms with Gasteiger partial charge in [0.15, 0.2) is 12.1 Å². The largest absolute Gasteiger partial charge is 0.337 e. The van der Waals surface area contributed by atoms with E-state index in [4.69, 9.17) is 9.47 Å². The number of ether oxygens (including phenoxy) is 2. The smallest absolute Gasteiger partial charge is 0.190 e. The Morgan fingerprint density at radius 3 is 2.65 bits per heavy atom. The Labute approximate surface area is 101 Å². The quantitative estimate of drug-likeness (QED) is 0.751. The molecule has 0 N–H and O–H groups in total. The maximum Gasteiger partial charge on any atom is 0.190 e. The van der Waals surface area contributed by atoms with Crippen molar-refractivity contribution < 1.29 is 14.3 Å². The first-order valence-corrected chi connectivity index (χ1v) is 5.73. The number of carbonyl (C=O) groups excluding carboxylic acids is 1. The Morgan fingerprint density at radius 2 is 2.00 bits per heavy atom. The lowest BCUT2D eigenvalue weighted by molar-refractivity contribution is -0.230. The van der Waals surface area contributed by atoms with Gasteiger partial charge in [-0.2, -0.15) is 0 Å². The molecule has 1 aromatic rings. The van der Waals surface area contributed by atoms with E-state index in [1.807, 2.05) is 30.3 Å². The lowest BCUT2D eigenvalue weighted by Gasteiger charge is -2.32. The molecule has 2 rings (SSSR count). The van der Waals surface area contributed by atoms with E-state index in [0.29, 0.717) is 6.42 Å². The van der Waals surface area contributed by atoms with Gasteiger partial charge in [0.2, 0.25) is 0 Å². The molecule has 1 fully saturated rings. The van der Waals surface area contributed by atoms with Gasteiger partial charge < -0.3 is 9.47 Å². The van der Waals surface area contributed by atoms with Crippen molar-refractivity contribution in [3.05, 3.63) is 48.6 Å². The van der Waals surface area contributed by atoms with Gasteiger partial charge in [-0.3, -0.25) is 4.79 Å². The van der Waals surface area contributed by atoms with E-state index in [9.17, 15) is 4.79 Å². The van der Waals surface area contributed by atoms with Crippen molar-refractivity contribution in [2.24, 2.45) is 0 Å². The second-order valence-corrected chi connectivity index (χ2v) is 4.07. The monoisotopic (exact) mass is 232 g/mol. The number of hydrogen-bond acceptors (Lipinski definition) is 3. The summed E-state index contributed by atoms with van der Waals surface area (Å²) in [7, 11) is 0. The Kier molecular flexibility index (Phi) is 3.71. The van der Waals surface area contributed by atoms with Crippen molar-refractivity contribution >= 4 is 5.78 Å². The van der Waals surface area contributed by atoms with Crippen molar-refractivity contribution in [3.8, 4) is 0 Å². The number of carbonyl (C=O) groups is 1. The van der Waals surface area contributed by atoms with Crippen LogP contribution in [0.5, 0.6) is 0 Å². The summed E-state index contributed by atoms with van der Waals surface area (Å²) in [4.78, 5) is 11.8. The van der Waals surface area contributed by atoms with Crippen LogP contribution in [0, 0.1) is 0 Å². The number of benzene rings is 1. The first-order chi connectivity index (χ1) is 8.22. The van der Waals surface area contributed by atoms with Crippen LogP contribution in [0.15, 0.2) is 43.0 Å². The molecule has 1 aliphatic rings. The Hall–Kier alpha value is -1.45. The number of ketones is 1. The Balaban J connectivity index is 2.15. The fourth-order valence-electron chi connectivity index (χ4n) is 1.85. The maximum atomic E-state index is 11.8. The van der Waals surface area contributed by atoms with Crippen LogP contribution in [0.1, 0.15) is 25.2 Å². The molecule has 3 nitrogen and oxygen atoms in total. The molecule has 3 atom stereocenters. The van der Waals surface area contributed by atoms with Crippen LogP contribution in [0.25, 0.3) is 0 Å². The highest BCUT2D eigenvalue weighted by molar-refractivity contribution is 5.87. The molecule has 0 radical (unpaired) electrons. The van der Waals surface area contributed by atoms with Gasteiger partial charge in [-0.05, 0) is 13.3 Å². The predicted octanol–water partition coefficient (Wildman–Crippen LogP) is 2.63. The third kappa shape index (κ3) is 2.62. The topological polar surface area (TPSA) is 35.5 Å². The number of rotatable bonds is 3. The molecule has 17 heavy (non-hydrogen) atoms. The van der Waals surface area contributed by atoms with Crippen LogP contribution in [0.2, 0.25) is 0 Å². The molecule has 0 spiro atoms. The van der Waals surface area contributed by atoms with E-state index in [-0.39, 0.29) is 5.78 Å². The lowest BCUT2D eigenvalue weighted by atomic mass is 10.1. The summed E-state index contributed by atoms with van der Waals surface area (Å²) in [6, 6.07) is 9.63. The van der Waals surface area contributed by atoms with Gasteiger partial charge in [-0.1, -0.05) is 36.4 Å². The molecule has 0 amide bonds. The molecule has 1 aromatic carbocycles. The zero-order valence-electron chi connectivity index (χ0n) is 9.84. The maximum absolute atomic E-state index is 11.8. The predicted molar refractivity (Wildman–Crippen MR) is 64.4 cm³/mol. The summed E-state index contributed by atoms with van der Waals surface area (Å²) in [6.07, 6.45) is 0.882. The minimum Gasteiger partial charge on any atom is -0.337 e. The third-order valence-electron chi connectivity index (χ3n) is 2.79. The van der Waals surface area contributed by atoms with Crippen molar-refractivity contribution in [2.45, 2.75) is 31.8 Å². The fourth-order valence-corrected chi connectivity index (χ4v) is 1.85. The van der Waals surface area contributed by atoms with Crippen LogP contribution < -0.4 is 0 Å². The zero-order chi connectivity index (χ0) is 12.3. The van der Waals surface area contributed by atoms with Crippen molar-refractivity contribution in [3.63, 3.8) is 0 Å². The van der Waals surface area contributed by atoms with Crippen molar-refractivity contribution in [1.29, 1.82) is 0 Å². The molecular weight excluding hydrogens is 216 g/mol. The van der Waals surface area contributed by atoms with Crippen LogP contribution in [0.3, 0.4) is 0 Å². The molecule has 3 heteroatoms. The summed E-state index contributed by atoms with van der Waals surface area (Å²) in [5.41, 5.74) is 0.931. The number of hydrogen-bond donors (Lipinski definition) is 0. The third-order valence-corrected chi connectivity index (χ3v) is 2.79. The standard InChI is InChI=1S/C14H16O3/c1-3-7-12-13(15)10(2)16-14(17-12)11-8-5-4-6-9-11/h3-6,8-10,12,14H,1,7H2,2H3/t10-,12-,14-/m0/s1. The minimum atomic E-state index is -0.464. The van der Waals surface area contributed by atoms with E-state index in [1.54, 1.807) is 13.0 Å². The van der Waals surface area contributed by atoms with Gasteiger partial charge >= 0.3 is 0 Å². The highest BCUT2D eigenvalue weighted by Crippen LogP contribution is 2.29. The van der Waals surface area contributed by atoms with E-state index >= 15 is 0 Å². The summed E-state index contributed by atoms with van der Waals surface area (Å²) in [5.74, 6) is -0.0166. The van der Waals surface area contributed by atoms with Crippen LogP contribution >= 0.6 is 0 Å². The zero-order valence-corrected chi connectivity index (χ0v) is 9.84. The van der Waals surface area contributed by atoms with E-state index in [1.165, 1.54) is 0 Å². The van der Waals surface area contributed by atoms with E-state index in [2.05, 4.69) is 6.58 Å². The average molecular weight is 232 g/mol. The van der Waals surface area contributed by atoms with Crippen molar-refractivity contribution in [2.75, 3.05) is 0 Å². The van der Waals surface area contributed by atoms with Crippen LogP contribution in [-0.4, -0.2) is 18.0 Å².